The molecule has 12 heavy (non-hydrogen) atoms. The molecule has 1 heterocycles. The topological polar surface area (TPSA) is 56.0 Å². The molecular formula is C8H11ClN2O. The van der Waals surface area contributed by atoms with Crippen LogP contribution in [-0.2, 0) is 0 Å². The standard InChI is InChI=1S/C6H5ClN2O.C2H6/c7-6-5(8)4(3-10)1-2-9-6;1-2/h1-3H,8H2;1-2H3. The van der Waals surface area contributed by atoms with E-state index in [1.165, 1.54) is 12.3 Å². The number of pyridine rings is 1. The van der Waals surface area contributed by atoms with Crippen molar-refractivity contribution in [2.45, 2.75) is 13.8 Å². The van der Waals surface area contributed by atoms with Gasteiger partial charge in [0.15, 0.2) is 11.4 Å². The van der Waals surface area contributed by atoms with Gasteiger partial charge in [-0.05, 0) is 6.07 Å². The minimum atomic E-state index is 0.171. The van der Waals surface area contributed by atoms with Crippen LogP contribution in [0.5, 0.6) is 0 Å². The van der Waals surface area contributed by atoms with Crippen molar-refractivity contribution in [2.75, 3.05) is 5.73 Å². The predicted octanol–water partition coefficient (Wildman–Crippen LogP) is 2.16. The Morgan fingerprint density at radius 3 is 2.58 bits per heavy atom. The van der Waals surface area contributed by atoms with Crippen LogP contribution in [0.2, 0.25) is 5.15 Å². The molecule has 0 bridgehead atoms. The van der Waals surface area contributed by atoms with Crippen LogP contribution in [0.25, 0.3) is 0 Å². The van der Waals surface area contributed by atoms with Gasteiger partial charge in [-0.1, -0.05) is 25.4 Å². The minimum Gasteiger partial charge on any atom is -0.396 e. The molecule has 4 heteroatoms. The first-order chi connectivity index (χ1) is 5.75. The van der Waals surface area contributed by atoms with Crippen LogP contribution in [0.3, 0.4) is 0 Å². The highest BCUT2D eigenvalue weighted by molar-refractivity contribution is 6.32. The van der Waals surface area contributed by atoms with Crippen molar-refractivity contribution in [1.29, 1.82) is 0 Å². The van der Waals surface area contributed by atoms with E-state index in [1.807, 2.05) is 13.8 Å². The number of aldehydes is 1. The summed E-state index contributed by atoms with van der Waals surface area (Å²) >= 11 is 5.50. The monoisotopic (exact) mass is 186 g/mol. The molecule has 0 amide bonds. The molecule has 0 aliphatic heterocycles. The Balaban J connectivity index is 0.000000561. The van der Waals surface area contributed by atoms with Crippen LogP contribution >= 0.6 is 11.6 Å². The van der Waals surface area contributed by atoms with E-state index in [1.54, 1.807) is 0 Å². The third-order valence-corrected chi connectivity index (χ3v) is 1.40. The van der Waals surface area contributed by atoms with Crippen LogP contribution in [-0.4, -0.2) is 11.3 Å². The van der Waals surface area contributed by atoms with Gasteiger partial charge < -0.3 is 5.73 Å². The Morgan fingerprint density at radius 2 is 2.17 bits per heavy atom. The lowest BCUT2D eigenvalue weighted by atomic mass is 10.2. The lowest BCUT2D eigenvalue weighted by Gasteiger charge is -1.96. The first kappa shape index (κ1) is 10.9. The number of hydrogen-bond acceptors (Lipinski definition) is 3. The average Bonchev–Trinajstić information content (AvgIpc) is 2.13. The molecule has 1 aromatic heterocycles. The zero-order valence-electron chi connectivity index (χ0n) is 7.04. The normalized spacial score (nSPS) is 8.25. The highest BCUT2D eigenvalue weighted by Crippen LogP contribution is 2.17. The van der Waals surface area contributed by atoms with Crippen LogP contribution in [0, 0.1) is 0 Å². The molecule has 0 saturated heterocycles. The number of aromatic nitrogens is 1. The number of rotatable bonds is 1. The second-order valence-corrected chi connectivity index (χ2v) is 2.08. The lowest BCUT2D eigenvalue weighted by molar-refractivity contribution is 0.112. The molecule has 0 aliphatic rings. The smallest absolute Gasteiger partial charge is 0.152 e. The van der Waals surface area contributed by atoms with Crippen molar-refractivity contribution in [2.24, 2.45) is 0 Å². The number of hydrogen-bond donors (Lipinski definition) is 1. The number of nitrogen functional groups attached to an aromatic ring is 1. The Bertz CT molecular complexity index is 263. The summed E-state index contributed by atoms with van der Waals surface area (Å²) in [4.78, 5) is 13.9. The second-order valence-electron chi connectivity index (χ2n) is 1.72. The van der Waals surface area contributed by atoms with Crippen molar-refractivity contribution >= 4 is 23.6 Å². The Hall–Kier alpha value is -1.09. The van der Waals surface area contributed by atoms with Gasteiger partial charge in [-0.2, -0.15) is 0 Å². The molecule has 3 nitrogen and oxygen atoms in total. The van der Waals surface area contributed by atoms with Gasteiger partial charge in [-0.25, -0.2) is 4.98 Å². The van der Waals surface area contributed by atoms with Crippen LogP contribution in [0.15, 0.2) is 12.3 Å². The number of carbonyl (C=O) groups excluding carboxylic acids is 1. The Kier molecular flexibility index (Phi) is 5.04. The van der Waals surface area contributed by atoms with Crippen molar-refractivity contribution in [3.63, 3.8) is 0 Å². The van der Waals surface area contributed by atoms with E-state index in [0.717, 1.165) is 0 Å². The molecule has 1 rings (SSSR count). The number of halogens is 1. The molecule has 2 N–H and O–H groups in total. The fraction of sp³-hybridized carbons (Fsp3) is 0.250. The maximum Gasteiger partial charge on any atom is 0.152 e. The van der Waals surface area contributed by atoms with Gasteiger partial charge in [-0.15, -0.1) is 0 Å². The van der Waals surface area contributed by atoms with Gasteiger partial charge in [0.2, 0.25) is 0 Å². The Labute approximate surface area is 76.6 Å². The van der Waals surface area contributed by atoms with Gasteiger partial charge in [-0.3, -0.25) is 4.79 Å². The summed E-state index contributed by atoms with van der Waals surface area (Å²) < 4.78 is 0. The average molecular weight is 187 g/mol. The summed E-state index contributed by atoms with van der Waals surface area (Å²) in [5.74, 6) is 0. The molecule has 0 atom stereocenters. The fourth-order valence-corrected chi connectivity index (χ4v) is 0.730. The van der Waals surface area contributed by atoms with E-state index in [2.05, 4.69) is 4.98 Å². The zero-order chi connectivity index (χ0) is 9.56. The van der Waals surface area contributed by atoms with Gasteiger partial charge >= 0.3 is 0 Å². The van der Waals surface area contributed by atoms with Gasteiger partial charge in [0.05, 0.1) is 5.69 Å². The summed E-state index contributed by atoms with van der Waals surface area (Å²) in [6.07, 6.45) is 2.07. The fourth-order valence-electron chi connectivity index (χ4n) is 0.564. The molecule has 1 aromatic rings. The summed E-state index contributed by atoms with van der Waals surface area (Å²) in [6, 6.07) is 1.51. The molecule has 0 aliphatic carbocycles. The van der Waals surface area contributed by atoms with Crippen LogP contribution in [0.1, 0.15) is 24.2 Å². The van der Waals surface area contributed by atoms with Crippen molar-refractivity contribution in [3.05, 3.63) is 23.0 Å². The summed E-state index contributed by atoms with van der Waals surface area (Å²) in [7, 11) is 0. The maximum atomic E-state index is 10.2. The first-order valence-electron chi connectivity index (χ1n) is 3.61. The van der Waals surface area contributed by atoms with E-state index >= 15 is 0 Å². The molecule has 0 spiro atoms. The largest absolute Gasteiger partial charge is 0.396 e. The molecule has 0 radical (unpaired) electrons. The number of nitrogens with zero attached hydrogens (tertiary/aromatic N) is 1. The lowest BCUT2D eigenvalue weighted by Crippen LogP contribution is -1.94. The summed E-state index contributed by atoms with van der Waals surface area (Å²) in [5, 5.41) is 0.171. The molecular weight excluding hydrogens is 176 g/mol. The predicted molar refractivity (Wildman–Crippen MR) is 50.4 cm³/mol. The van der Waals surface area contributed by atoms with E-state index in [4.69, 9.17) is 17.3 Å². The third kappa shape index (κ3) is 2.51. The van der Waals surface area contributed by atoms with Crippen LogP contribution < -0.4 is 5.73 Å². The molecule has 0 unspecified atom stereocenters. The highest BCUT2D eigenvalue weighted by Gasteiger charge is 2.00. The molecule has 66 valence electrons. The summed E-state index contributed by atoms with van der Waals surface area (Å²) in [6.45, 7) is 4.00. The van der Waals surface area contributed by atoms with E-state index in [9.17, 15) is 4.79 Å². The number of nitrogens with two attached hydrogens (primary N) is 1. The molecule has 0 saturated carbocycles. The van der Waals surface area contributed by atoms with Crippen molar-refractivity contribution < 1.29 is 4.79 Å². The zero-order valence-corrected chi connectivity index (χ0v) is 7.80. The van der Waals surface area contributed by atoms with Gasteiger partial charge in [0.25, 0.3) is 0 Å². The Morgan fingerprint density at radius 1 is 1.58 bits per heavy atom. The van der Waals surface area contributed by atoms with Crippen molar-refractivity contribution in [3.8, 4) is 0 Å². The van der Waals surface area contributed by atoms with Gasteiger partial charge in [0, 0.05) is 11.8 Å². The highest BCUT2D eigenvalue weighted by atomic mass is 35.5. The minimum absolute atomic E-state index is 0.171. The first-order valence-corrected chi connectivity index (χ1v) is 3.98. The molecule has 0 aromatic carbocycles. The van der Waals surface area contributed by atoms with E-state index in [-0.39, 0.29) is 10.8 Å². The van der Waals surface area contributed by atoms with Crippen molar-refractivity contribution in [1.82, 2.24) is 4.98 Å². The van der Waals surface area contributed by atoms with E-state index < -0.39 is 0 Å². The van der Waals surface area contributed by atoms with E-state index in [0.29, 0.717) is 11.8 Å². The number of anilines is 1. The third-order valence-electron chi connectivity index (χ3n) is 1.10. The van der Waals surface area contributed by atoms with Gasteiger partial charge in [0.1, 0.15) is 0 Å². The maximum absolute atomic E-state index is 10.2. The summed E-state index contributed by atoms with van der Waals surface area (Å²) in [5.41, 5.74) is 5.98. The quantitative estimate of drug-likeness (QED) is 0.540. The number of carbonyl (C=O) groups is 1. The molecule has 0 fully saturated rings. The van der Waals surface area contributed by atoms with Crippen LogP contribution in [0.4, 0.5) is 5.69 Å². The SMILES string of the molecule is CC.Nc1c(C=O)ccnc1Cl. The second kappa shape index (κ2) is 5.55.